The van der Waals surface area contributed by atoms with E-state index in [0.717, 1.165) is 50.4 Å². The van der Waals surface area contributed by atoms with Crippen molar-refractivity contribution in [3.8, 4) is 0 Å². The van der Waals surface area contributed by atoms with Crippen LogP contribution in [0, 0.1) is 6.92 Å². The van der Waals surface area contributed by atoms with E-state index < -0.39 is 0 Å². The van der Waals surface area contributed by atoms with E-state index in [4.69, 9.17) is 4.74 Å². The molecular weight excluding hydrogens is 260 g/mol. The highest BCUT2D eigenvalue weighted by atomic mass is 16.5. The van der Waals surface area contributed by atoms with Gasteiger partial charge in [-0.25, -0.2) is 0 Å². The smallest absolute Gasteiger partial charge is 0.0708 e. The molecule has 0 aliphatic carbocycles. The van der Waals surface area contributed by atoms with Gasteiger partial charge in [-0.05, 0) is 44.0 Å². The minimum absolute atomic E-state index is 0.850. The molecule has 1 N–H and O–H groups in total. The zero-order valence-corrected chi connectivity index (χ0v) is 13.2. The molecule has 1 aromatic heterocycles. The van der Waals surface area contributed by atoms with Gasteiger partial charge < -0.3 is 10.1 Å². The summed E-state index contributed by atoms with van der Waals surface area (Å²) in [7, 11) is 0. The summed E-state index contributed by atoms with van der Waals surface area (Å²) in [6, 6.07) is 10.5. The van der Waals surface area contributed by atoms with Crippen molar-refractivity contribution in [1.82, 2.24) is 10.3 Å². The van der Waals surface area contributed by atoms with Gasteiger partial charge in [0.1, 0.15) is 0 Å². The first-order chi connectivity index (χ1) is 10.3. The summed E-state index contributed by atoms with van der Waals surface area (Å²) < 4.78 is 5.57. The Kier molecular flexibility index (Phi) is 6.64. The number of ether oxygens (including phenoxy) is 1. The molecule has 2 aromatic rings. The maximum absolute atomic E-state index is 5.57. The number of rotatable bonds is 9. The number of aryl methyl sites for hydroxylation is 1. The van der Waals surface area contributed by atoms with E-state index in [1.54, 1.807) is 0 Å². The summed E-state index contributed by atoms with van der Waals surface area (Å²) in [4.78, 5) is 4.57. The first-order valence-corrected chi connectivity index (χ1v) is 7.95. The summed E-state index contributed by atoms with van der Waals surface area (Å²) in [5.41, 5.74) is 3.48. The molecule has 21 heavy (non-hydrogen) atoms. The zero-order valence-electron chi connectivity index (χ0n) is 13.2. The Bertz CT molecular complexity index is 554. The molecule has 0 aliphatic heterocycles. The van der Waals surface area contributed by atoms with Gasteiger partial charge in [0.05, 0.1) is 5.52 Å². The molecule has 0 spiro atoms. The van der Waals surface area contributed by atoms with Gasteiger partial charge in [-0.2, -0.15) is 0 Å². The second kappa shape index (κ2) is 8.75. The number of hydrogen-bond donors (Lipinski definition) is 1. The lowest BCUT2D eigenvalue weighted by molar-refractivity contribution is 0.129. The highest BCUT2D eigenvalue weighted by molar-refractivity contribution is 5.82. The molecule has 0 saturated heterocycles. The van der Waals surface area contributed by atoms with Crippen LogP contribution in [0.5, 0.6) is 0 Å². The number of nitrogens with zero attached hydrogens (tertiary/aromatic N) is 1. The predicted octanol–water partition coefficient (Wildman–Crippen LogP) is 3.84. The molecule has 3 heteroatoms. The van der Waals surface area contributed by atoms with Gasteiger partial charge in [0.25, 0.3) is 0 Å². The van der Waals surface area contributed by atoms with Crippen LogP contribution in [0.15, 0.2) is 30.3 Å². The average molecular weight is 286 g/mol. The quantitative estimate of drug-likeness (QED) is 0.711. The van der Waals surface area contributed by atoms with Crippen LogP contribution in [0.2, 0.25) is 0 Å². The molecule has 0 bridgehead atoms. The Morgan fingerprint density at radius 2 is 1.95 bits per heavy atom. The van der Waals surface area contributed by atoms with E-state index >= 15 is 0 Å². The van der Waals surface area contributed by atoms with Gasteiger partial charge >= 0.3 is 0 Å². The van der Waals surface area contributed by atoms with E-state index in [1.807, 2.05) is 6.07 Å². The fraction of sp³-hybridized carbons (Fsp3) is 0.500. The molecule has 0 aliphatic rings. The largest absolute Gasteiger partial charge is 0.381 e. The van der Waals surface area contributed by atoms with E-state index in [1.165, 1.54) is 17.4 Å². The number of nitrogens with one attached hydrogen (secondary N) is 1. The summed E-state index contributed by atoms with van der Waals surface area (Å²) >= 11 is 0. The van der Waals surface area contributed by atoms with Gasteiger partial charge in [-0.3, -0.25) is 4.98 Å². The maximum atomic E-state index is 5.57. The fourth-order valence-corrected chi connectivity index (χ4v) is 2.41. The van der Waals surface area contributed by atoms with Crippen molar-refractivity contribution in [1.29, 1.82) is 0 Å². The van der Waals surface area contributed by atoms with E-state index in [9.17, 15) is 0 Å². The third kappa shape index (κ3) is 5.10. The number of benzene rings is 1. The Morgan fingerprint density at radius 1 is 1.14 bits per heavy atom. The summed E-state index contributed by atoms with van der Waals surface area (Å²) in [5.74, 6) is 0. The van der Waals surface area contributed by atoms with Crippen LogP contribution < -0.4 is 5.32 Å². The third-order valence-electron chi connectivity index (χ3n) is 3.53. The van der Waals surface area contributed by atoms with Gasteiger partial charge in [0.15, 0.2) is 0 Å². The highest BCUT2D eigenvalue weighted by Gasteiger charge is 2.03. The van der Waals surface area contributed by atoms with Crippen LogP contribution in [0.3, 0.4) is 0 Å². The first kappa shape index (κ1) is 15.9. The summed E-state index contributed by atoms with van der Waals surface area (Å²) in [6.45, 7) is 7.86. The minimum atomic E-state index is 0.850. The number of fused-ring (bicyclic) bond motifs is 1. The number of unbranched alkanes of at least 4 members (excludes halogenated alkanes) is 1. The summed E-state index contributed by atoms with van der Waals surface area (Å²) in [6.07, 6.45) is 3.42. The van der Waals surface area contributed by atoms with Crippen LogP contribution in [-0.2, 0) is 11.3 Å². The highest BCUT2D eigenvalue weighted by Crippen LogP contribution is 2.17. The van der Waals surface area contributed by atoms with Crippen molar-refractivity contribution in [2.75, 3.05) is 19.8 Å². The maximum Gasteiger partial charge on any atom is 0.0708 e. The molecule has 0 radical (unpaired) electrons. The lowest BCUT2D eigenvalue weighted by Gasteiger charge is -2.09. The molecule has 0 atom stereocenters. The molecule has 1 aromatic carbocycles. The number of pyridine rings is 1. The molecule has 0 unspecified atom stereocenters. The number of hydrogen-bond acceptors (Lipinski definition) is 3. The lowest BCUT2D eigenvalue weighted by Crippen LogP contribution is -2.17. The number of aromatic nitrogens is 1. The molecule has 0 fully saturated rings. The van der Waals surface area contributed by atoms with Crippen LogP contribution in [-0.4, -0.2) is 24.7 Å². The second-order valence-electron chi connectivity index (χ2n) is 5.44. The average Bonchev–Trinajstić information content (AvgIpc) is 2.49. The Morgan fingerprint density at radius 3 is 2.81 bits per heavy atom. The fourth-order valence-electron chi connectivity index (χ4n) is 2.41. The van der Waals surface area contributed by atoms with Gasteiger partial charge in [-0.15, -0.1) is 0 Å². The van der Waals surface area contributed by atoms with Crippen molar-refractivity contribution in [2.24, 2.45) is 0 Å². The van der Waals surface area contributed by atoms with Gasteiger partial charge in [-0.1, -0.05) is 31.5 Å². The van der Waals surface area contributed by atoms with Crippen molar-refractivity contribution in [3.05, 3.63) is 41.6 Å². The van der Waals surface area contributed by atoms with E-state index in [-0.39, 0.29) is 0 Å². The predicted molar refractivity (Wildman–Crippen MR) is 88.5 cm³/mol. The normalized spacial score (nSPS) is 11.1. The first-order valence-electron chi connectivity index (χ1n) is 7.95. The van der Waals surface area contributed by atoms with Crippen molar-refractivity contribution >= 4 is 10.9 Å². The van der Waals surface area contributed by atoms with E-state index in [2.05, 4.69) is 48.4 Å². The topological polar surface area (TPSA) is 34.1 Å². The van der Waals surface area contributed by atoms with Crippen molar-refractivity contribution in [2.45, 2.75) is 39.7 Å². The monoisotopic (exact) mass is 286 g/mol. The molecule has 114 valence electrons. The van der Waals surface area contributed by atoms with Crippen LogP contribution in [0.25, 0.3) is 10.9 Å². The van der Waals surface area contributed by atoms with Crippen molar-refractivity contribution in [3.63, 3.8) is 0 Å². The number of para-hydroxylation sites is 1. The molecule has 0 amide bonds. The van der Waals surface area contributed by atoms with E-state index in [0.29, 0.717) is 0 Å². The molecule has 1 heterocycles. The Labute approximate surface area is 127 Å². The molecular formula is C18H26N2O. The summed E-state index contributed by atoms with van der Waals surface area (Å²) in [5, 5.41) is 4.75. The van der Waals surface area contributed by atoms with Gasteiger partial charge in [0, 0.05) is 30.8 Å². The second-order valence-corrected chi connectivity index (χ2v) is 5.44. The Balaban J connectivity index is 1.78. The molecule has 3 nitrogen and oxygen atoms in total. The van der Waals surface area contributed by atoms with Crippen LogP contribution >= 0.6 is 0 Å². The zero-order chi connectivity index (χ0) is 14.9. The van der Waals surface area contributed by atoms with Crippen LogP contribution in [0.1, 0.15) is 37.4 Å². The SMILES string of the molecule is CCCCOCCCNCc1cc(C)nc2ccccc12. The third-order valence-corrected chi connectivity index (χ3v) is 3.53. The molecule has 0 saturated carbocycles. The van der Waals surface area contributed by atoms with Crippen LogP contribution in [0.4, 0.5) is 0 Å². The van der Waals surface area contributed by atoms with Gasteiger partial charge in [0.2, 0.25) is 0 Å². The minimum Gasteiger partial charge on any atom is -0.381 e. The Hall–Kier alpha value is -1.45. The lowest BCUT2D eigenvalue weighted by atomic mass is 10.1. The molecule has 2 rings (SSSR count). The van der Waals surface area contributed by atoms with Crippen molar-refractivity contribution < 1.29 is 4.74 Å². The standard InChI is InChI=1S/C18H26N2O/c1-3-4-11-21-12-7-10-19-14-16-13-15(2)20-18-9-6-5-8-17(16)18/h5-6,8-9,13,19H,3-4,7,10-12,14H2,1-2H3.